The van der Waals surface area contributed by atoms with Crippen LogP contribution in [0, 0.1) is 0 Å². The van der Waals surface area contributed by atoms with Gasteiger partial charge in [0.05, 0.1) is 37.0 Å². The van der Waals surface area contributed by atoms with Crippen molar-refractivity contribution in [2.75, 3.05) is 37.5 Å². The van der Waals surface area contributed by atoms with E-state index in [9.17, 15) is 9.59 Å². The number of benzene rings is 4. The van der Waals surface area contributed by atoms with Gasteiger partial charge < -0.3 is 24.3 Å². The fraction of sp³-hybridized carbons (Fsp3) is 0.222. The molecule has 224 valence electrons. The second-order valence-electron chi connectivity index (χ2n) is 10.8. The van der Waals surface area contributed by atoms with Crippen LogP contribution in [0.15, 0.2) is 103 Å². The largest absolute Gasteiger partial charge is 0.497 e. The minimum Gasteiger partial charge on any atom is -0.497 e. The number of nitrogens with one attached hydrogen (secondary N) is 1. The topological polar surface area (TPSA) is 76.0 Å². The third kappa shape index (κ3) is 5.35. The molecule has 44 heavy (non-hydrogen) atoms. The molecule has 0 bridgehead atoms. The Bertz CT molecular complexity index is 1810. The number of fused-ring (bicyclic) bond motifs is 4. The summed E-state index contributed by atoms with van der Waals surface area (Å²) >= 11 is 0. The van der Waals surface area contributed by atoms with E-state index in [1.807, 2.05) is 103 Å². The summed E-state index contributed by atoms with van der Waals surface area (Å²) in [6.07, 6.45) is 3.65. The number of aromatic nitrogens is 1. The predicted octanol–water partition coefficient (Wildman–Crippen LogP) is 7.42. The first-order valence-corrected chi connectivity index (χ1v) is 14.9. The van der Waals surface area contributed by atoms with Gasteiger partial charge in [-0.15, -0.1) is 0 Å². The second kappa shape index (κ2) is 12.6. The van der Waals surface area contributed by atoms with Crippen molar-refractivity contribution in [2.45, 2.75) is 25.8 Å². The smallest absolute Gasteiger partial charge is 0.322 e. The van der Waals surface area contributed by atoms with Gasteiger partial charge in [-0.05, 0) is 60.3 Å². The lowest BCUT2D eigenvalue weighted by Gasteiger charge is -2.40. The van der Waals surface area contributed by atoms with E-state index in [4.69, 9.17) is 9.47 Å². The minimum absolute atomic E-state index is 0.103. The van der Waals surface area contributed by atoms with Crippen LogP contribution < -0.4 is 19.7 Å². The van der Waals surface area contributed by atoms with E-state index in [2.05, 4.69) is 16.8 Å². The zero-order valence-electron chi connectivity index (χ0n) is 25.2. The average Bonchev–Trinajstić information content (AvgIpc) is 3.56. The number of ether oxygens (including phenoxy) is 2. The maximum absolute atomic E-state index is 14.6. The number of amides is 3. The van der Waals surface area contributed by atoms with E-state index in [0.29, 0.717) is 23.7 Å². The molecule has 5 aromatic rings. The number of carbonyl (C=O) groups excluding carboxylic acids is 2. The Morgan fingerprint density at radius 1 is 0.864 bits per heavy atom. The van der Waals surface area contributed by atoms with Crippen LogP contribution in [0.3, 0.4) is 0 Å². The van der Waals surface area contributed by atoms with Crippen LogP contribution in [0.25, 0.3) is 16.5 Å². The van der Waals surface area contributed by atoms with E-state index in [1.165, 1.54) is 0 Å². The van der Waals surface area contributed by atoms with Gasteiger partial charge in [0.25, 0.3) is 0 Å². The average molecular weight is 589 g/mol. The number of rotatable bonds is 9. The van der Waals surface area contributed by atoms with Crippen molar-refractivity contribution < 1.29 is 19.1 Å². The summed E-state index contributed by atoms with van der Waals surface area (Å²) in [6, 6.07) is 30.4. The Balaban J connectivity index is 1.39. The lowest BCUT2D eigenvalue weighted by molar-refractivity contribution is -0.119. The van der Waals surface area contributed by atoms with E-state index >= 15 is 0 Å². The highest BCUT2D eigenvalue weighted by Crippen LogP contribution is 2.45. The molecule has 1 aliphatic rings. The van der Waals surface area contributed by atoms with Gasteiger partial charge in [-0.2, -0.15) is 0 Å². The van der Waals surface area contributed by atoms with Gasteiger partial charge in [-0.1, -0.05) is 61.9 Å². The first kappa shape index (κ1) is 28.9. The lowest BCUT2D eigenvalue weighted by atomic mass is 9.96. The van der Waals surface area contributed by atoms with Crippen LogP contribution in [0.2, 0.25) is 0 Å². The lowest BCUT2D eigenvalue weighted by Crippen LogP contribution is -2.48. The maximum Gasteiger partial charge on any atom is 0.322 e. The first-order valence-electron chi connectivity index (χ1n) is 14.9. The molecule has 0 aliphatic carbocycles. The minimum atomic E-state index is -0.522. The monoisotopic (exact) mass is 588 g/mol. The normalized spacial score (nSPS) is 13.6. The summed E-state index contributed by atoms with van der Waals surface area (Å²) < 4.78 is 13.5. The van der Waals surface area contributed by atoms with Crippen LogP contribution in [-0.4, -0.2) is 48.7 Å². The second-order valence-corrected chi connectivity index (χ2v) is 10.8. The maximum atomic E-state index is 14.6. The van der Waals surface area contributed by atoms with E-state index in [0.717, 1.165) is 46.2 Å². The first-order chi connectivity index (χ1) is 21.5. The predicted molar refractivity (Wildman–Crippen MR) is 174 cm³/mol. The Morgan fingerprint density at radius 3 is 2.43 bits per heavy atom. The molecule has 3 amide bonds. The van der Waals surface area contributed by atoms with Gasteiger partial charge in [-0.25, -0.2) is 4.79 Å². The third-order valence-corrected chi connectivity index (χ3v) is 8.15. The number of para-hydroxylation sites is 2. The number of urea groups is 1. The Labute approximate surface area is 257 Å². The van der Waals surface area contributed by atoms with Gasteiger partial charge in [-0.3, -0.25) is 9.69 Å². The van der Waals surface area contributed by atoms with Crippen molar-refractivity contribution in [2.24, 2.45) is 0 Å². The highest BCUT2D eigenvalue weighted by molar-refractivity contribution is 6.04. The summed E-state index contributed by atoms with van der Waals surface area (Å²) in [5.74, 6) is 1.09. The van der Waals surface area contributed by atoms with Gasteiger partial charge in [0, 0.05) is 23.7 Å². The van der Waals surface area contributed by atoms with Crippen molar-refractivity contribution in [3.8, 4) is 17.2 Å². The van der Waals surface area contributed by atoms with Crippen molar-refractivity contribution in [1.29, 1.82) is 0 Å². The molecule has 0 radical (unpaired) electrons. The summed E-state index contributed by atoms with van der Waals surface area (Å²) in [5.41, 5.74) is 4.04. The van der Waals surface area contributed by atoms with Crippen LogP contribution in [0.5, 0.6) is 11.5 Å². The van der Waals surface area contributed by atoms with Crippen molar-refractivity contribution in [3.63, 3.8) is 0 Å². The quantitative estimate of drug-likeness (QED) is 0.194. The number of nitrogens with zero attached hydrogens (tertiary/aromatic N) is 3. The summed E-state index contributed by atoms with van der Waals surface area (Å²) in [5, 5.41) is 5.06. The molecule has 8 nitrogen and oxygen atoms in total. The molecule has 1 aliphatic heterocycles. The molecule has 6 rings (SSSR count). The molecule has 0 fully saturated rings. The fourth-order valence-corrected chi connectivity index (χ4v) is 5.98. The SMILES string of the molecule is CCCCN(CC(=O)N1c2ccccc2-n2cccc2C1c1cc(OC)ccc1OC)C(=O)Nc1cccc2ccccc12. The zero-order valence-corrected chi connectivity index (χ0v) is 25.2. The molecule has 2 heterocycles. The molecular formula is C36H36N4O4. The summed E-state index contributed by atoms with van der Waals surface area (Å²) in [6.45, 7) is 2.41. The molecule has 1 aromatic heterocycles. The fourth-order valence-electron chi connectivity index (χ4n) is 5.98. The highest BCUT2D eigenvalue weighted by Gasteiger charge is 2.38. The van der Waals surface area contributed by atoms with Crippen molar-refractivity contribution >= 4 is 34.1 Å². The molecule has 0 spiro atoms. The zero-order chi connectivity index (χ0) is 30.6. The van der Waals surface area contributed by atoms with Gasteiger partial charge in [0.15, 0.2) is 0 Å². The Hall–Kier alpha value is -5.24. The van der Waals surface area contributed by atoms with Gasteiger partial charge in [0.2, 0.25) is 5.91 Å². The Morgan fingerprint density at radius 2 is 1.64 bits per heavy atom. The van der Waals surface area contributed by atoms with Crippen LogP contribution in [0.4, 0.5) is 16.2 Å². The number of anilines is 2. The molecule has 1 atom stereocenters. The number of carbonyl (C=O) groups is 2. The van der Waals surface area contributed by atoms with Crippen molar-refractivity contribution in [3.05, 3.63) is 115 Å². The standard InChI is InChI=1S/C36H36N4O4/c1-4-5-21-38(36(42)37-29-15-10-13-25-12-6-7-14-27(25)29)24-34(41)40-31-17-9-8-16-30(31)39-22-11-18-32(39)35(40)28-23-26(43-2)19-20-33(28)44-3/h6-20,22-23,35H,4-5,21,24H2,1-3H3,(H,37,42). The van der Waals surface area contributed by atoms with Gasteiger partial charge in [0.1, 0.15) is 24.1 Å². The van der Waals surface area contributed by atoms with E-state index in [1.54, 1.807) is 24.0 Å². The molecule has 1 N–H and O–H groups in total. The van der Waals surface area contributed by atoms with Crippen molar-refractivity contribution in [1.82, 2.24) is 9.47 Å². The molecule has 0 saturated heterocycles. The van der Waals surface area contributed by atoms with Crippen LogP contribution in [0.1, 0.15) is 37.1 Å². The summed E-state index contributed by atoms with van der Waals surface area (Å²) in [7, 11) is 3.24. The van der Waals surface area contributed by atoms with E-state index in [-0.39, 0.29) is 18.5 Å². The van der Waals surface area contributed by atoms with E-state index < -0.39 is 6.04 Å². The molecular weight excluding hydrogens is 552 g/mol. The van der Waals surface area contributed by atoms with Gasteiger partial charge >= 0.3 is 6.03 Å². The Kier molecular flexibility index (Phi) is 8.23. The number of unbranched alkanes of at least 4 members (excludes halogenated alkanes) is 1. The van der Waals surface area contributed by atoms with Crippen LogP contribution in [-0.2, 0) is 4.79 Å². The van der Waals surface area contributed by atoms with Crippen LogP contribution >= 0.6 is 0 Å². The number of hydrogen-bond acceptors (Lipinski definition) is 4. The number of hydrogen-bond donors (Lipinski definition) is 1. The number of methoxy groups -OCH3 is 2. The summed E-state index contributed by atoms with van der Waals surface area (Å²) in [4.78, 5) is 31.8. The highest BCUT2D eigenvalue weighted by atomic mass is 16.5. The molecule has 0 saturated carbocycles. The molecule has 1 unspecified atom stereocenters. The third-order valence-electron chi connectivity index (χ3n) is 8.15. The molecule has 4 aromatic carbocycles. The molecule has 8 heteroatoms.